The lowest BCUT2D eigenvalue weighted by atomic mass is 9.95. The van der Waals surface area contributed by atoms with Gasteiger partial charge in [0.25, 0.3) is 0 Å². The molecule has 2 aromatic heterocycles. The molecule has 2 aromatic carbocycles. The number of likely N-dealkylation sites (N-methyl/N-ethyl adjacent to an activating group) is 1. The third-order valence-corrected chi connectivity index (χ3v) is 5.55. The second-order valence-electron chi connectivity index (χ2n) is 6.78. The Balaban J connectivity index is 1.94. The molecule has 0 saturated heterocycles. The van der Waals surface area contributed by atoms with E-state index in [4.69, 9.17) is 0 Å². The van der Waals surface area contributed by atoms with E-state index in [2.05, 4.69) is 9.88 Å². The lowest BCUT2D eigenvalue weighted by molar-refractivity contribution is 0.412. The van der Waals surface area contributed by atoms with Crippen molar-refractivity contribution < 1.29 is 13.9 Å². The van der Waals surface area contributed by atoms with E-state index in [-0.39, 0.29) is 11.1 Å². The highest BCUT2D eigenvalue weighted by atomic mass is 32.1. The summed E-state index contributed by atoms with van der Waals surface area (Å²) in [4.78, 5) is 6.21. The highest BCUT2D eigenvalue weighted by molar-refractivity contribution is 7.17. The molecule has 3 nitrogen and oxygen atoms in total. The molecule has 0 aliphatic heterocycles. The van der Waals surface area contributed by atoms with E-state index in [1.807, 2.05) is 49.8 Å². The second-order valence-corrected chi connectivity index (χ2v) is 7.73. The third-order valence-electron chi connectivity index (χ3n) is 4.70. The first-order valence-corrected chi connectivity index (χ1v) is 9.45. The van der Waals surface area contributed by atoms with Gasteiger partial charge in [-0.25, -0.2) is 4.39 Å². The summed E-state index contributed by atoms with van der Waals surface area (Å²) in [5.74, 6) is -3.07. The summed E-state index contributed by atoms with van der Waals surface area (Å²) in [5, 5.41) is 13.5. The maximum atomic E-state index is 14.4. The zero-order chi connectivity index (χ0) is 19.1. The van der Waals surface area contributed by atoms with Gasteiger partial charge in [0.2, 0.25) is 5.82 Å². The molecule has 0 aliphatic carbocycles. The Hall–Kier alpha value is -2.57. The van der Waals surface area contributed by atoms with Crippen molar-refractivity contribution in [2.75, 3.05) is 20.6 Å². The number of nitrogens with zero attached hydrogens (tertiary/aromatic N) is 2. The molecule has 0 amide bonds. The van der Waals surface area contributed by atoms with Gasteiger partial charge < -0.3 is 10.0 Å². The van der Waals surface area contributed by atoms with Crippen LogP contribution in [0, 0.1) is 11.6 Å². The van der Waals surface area contributed by atoms with Crippen molar-refractivity contribution in [1.82, 2.24) is 9.88 Å². The predicted octanol–water partition coefficient (Wildman–Crippen LogP) is 5.20. The van der Waals surface area contributed by atoms with Gasteiger partial charge >= 0.3 is 0 Å². The van der Waals surface area contributed by atoms with Crippen LogP contribution >= 0.6 is 11.3 Å². The molecular weight excluding hydrogens is 366 g/mol. The molecule has 0 saturated carbocycles. The lowest BCUT2D eigenvalue weighted by Gasteiger charge is -2.13. The van der Waals surface area contributed by atoms with Crippen molar-refractivity contribution in [3.05, 3.63) is 59.1 Å². The Morgan fingerprint density at radius 2 is 1.81 bits per heavy atom. The van der Waals surface area contributed by atoms with Crippen LogP contribution in [0.3, 0.4) is 0 Å². The molecule has 0 radical (unpaired) electrons. The molecule has 6 heteroatoms. The predicted molar refractivity (Wildman–Crippen MR) is 106 cm³/mol. The van der Waals surface area contributed by atoms with E-state index in [0.29, 0.717) is 10.9 Å². The standard InChI is InChI=1S/C21H18F2N2OS/c1-25(2)9-7-12-3-5-13(6-4-12)16-17-14-8-10-27-15(14)11-24-20(17)18(22)19(23)21(16)26/h3-6,8,10-11,26H,7,9H2,1-2H3. The van der Waals surface area contributed by atoms with Crippen LogP contribution in [-0.2, 0) is 6.42 Å². The fourth-order valence-electron chi connectivity index (χ4n) is 3.27. The number of fused-ring (bicyclic) bond motifs is 3. The smallest absolute Gasteiger partial charge is 0.203 e. The van der Waals surface area contributed by atoms with E-state index >= 15 is 0 Å². The monoisotopic (exact) mass is 384 g/mol. The van der Waals surface area contributed by atoms with Crippen LogP contribution in [-0.4, -0.2) is 35.6 Å². The van der Waals surface area contributed by atoms with Crippen molar-refractivity contribution in [2.45, 2.75) is 6.42 Å². The Kier molecular flexibility index (Phi) is 4.53. The summed E-state index contributed by atoms with van der Waals surface area (Å²) >= 11 is 1.47. The largest absolute Gasteiger partial charge is 0.504 e. The van der Waals surface area contributed by atoms with Gasteiger partial charge in [-0.1, -0.05) is 24.3 Å². The maximum Gasteiger partial charge on any atom is 0.203 e. The summed E-state index contributed by atoms with van der Waals surface area (Å²) < 4.78 is 29.6. The number of hydrogen-bond acceptors (Lipinski definition) is 4. The van der Waals surface area contributed by atoms with Crippen molar-refractivity contribution in [2.24, 2.45) is 0 Å². The highest BCUT2D eigenvalue weighted by Gasteiger charge is 2.23. The second kappa shape index (κ2) is 6.87. The van der Waals surface area contributed by atoms with Crippen LogP contribution < -0.4 is 0 Å². The number of hydrogen-bond donors (Lipinski definition) is 1. The number of benzene rings is 2. The molecule has 0 atom stereocenters. The first kappa shape index (κ1) is 17.8. The number of phenolic OH excluding ortho intramolecular Hbond substituents is 1. The fraction of sp³-hybridized carbons (Fsp3) is 0.190. The van der Waals surface area contributed by atoms with Crippen LogP contribution in [0.1, 0.15) is 5.56 Å². The molecule has 0 aliphatic rings. The average molecular weight is 384 g/mol. The van der Waals surface area contributed by atoms with E-state index in [1.165, 1.54) is 17.5 Å². The van der Waals surface area contributed by atoms with Gasteiger partial charge in [0.1, 0.15) is 5.52 Å². The molecule has 27 heavy (non-hydrogen) atoms. The number of thiophene rings is 1. The maximum absolute atomic E-state index is 14.4. The first-order valence-electron chi connectivity index (χ1n) is 8.57. The normalized spacial score (nSPS) is 11.7. The Labute approximate surface area is 159 Å². The molecule has 0 bridgehead atoms. The third kappa shape index (κ3) is 3.05. The van der Waals surface area contributed by atoms with Crippen molar-refractivity contribution in [3.63, 3.8) is 0 Å². The zero-order valence-corrected chi connectivity index (χ0v) is 15.8. The van der Waals surface area contributed by atoms with E-state index in [9.17, 15) is 13.9 Å². The van der Waals surface area contributed by atoms with Gasteiger partial charge in [-0.15, -0.1) is 11.3 Å². The average Bonchev–Trinajstić information content (AvgIpc) is 3.14. The Bertz CT molecular complexity index is 1140. The summed E-state index contributed by atoms with van der Waals surface area (Å²) in [6.45, 7) is 0.915. The topological polar surface area (TPSA) is 36.4 Å². The minimum atomic E-state index is -1.27. The van der Waals surface area contributed by atoms with Gasteiger partial charge in [-0.05, 0) is 43.1 Å². The number of halogens is 2. The molecular formula is C21H18F2N2OS. The molecule has 1 N–H and O–H groups in total. The number of aromatic nitrogens is 1. The zero-order valence-electron chi connectivity index (χ0n) is 15.0. The number of phenols is 1. The molecule has 0 fully saturated rings. The summed E-state index contributed by atoms with van der Waals surface area (Å²) in [5.41, 5.74) is 1.98. The quantitative estimate of drug-likeness (QED) is 0.525. The minimum absolute atomic E-state index is 0.0668. The van der Waals surface area contributed by atoms with Gasteiger partial charge in [-0.2, -0.15) is 4.39 Å². The van der Waals surface area contributed by atoms with Gasteiger partial charge in [0, 0.05) is 29.1 Å². The molecule has 0 spiro atoms. The van der Waals surface area contributed by atoms with Gasteiger partial charge in [0.05, 0.1) is 4.70 Å². The summed E-state index contributed by atoms with van der Waals surface area (Å²) in [6.07, 6.45) is 2.42. The van der Waals surface area contributed by atoms with Crippen molar-refractivity contribution in [1.29, 1.82) is 0 Å². The van der Waals surface area contributed by atoms with Crippen LogP contribution in [0.5, 0.6) is 5.75 Å². The fourth-order valence-corrected chi connectivity index (χ4v) is 4.03. The highest BCUT2D eigenvalue weighted by Crippen LogP contribution is 2.43. The molecule has 2 heterocycles. The van der Waals surface area contributed by atoms with E-state index in [0.717, 1.165) is 28.6 Å². The lowest BCUT2D eigenvalue weighted by Crippen LogP contribution is -2.14. The van der Waals surface area contributed by atoms with Crippen LogP contribution in [0.15, 0.2) is 41.9 Å². The minimum Gasteiger partial charge on any atom is -0.504 e. The SMILES string of the molecule is CN(C)CCc1ccc(-c2c(O)c(F)c(F)c3ncc4sccc4c23)cc1. The van der Waals surface area contributed by atoms with Crippen molar-refractivity contribution in [3.8, 4) is 16.9 Å². The first-order chi connectivity index (χ1) is 13.0. The summed E-state index contributed by atoms with van der Waals surface area (Å²) in [6, 6.07) is 9.42. The van der Waals surface area contributed by atoms with Gasteiger partial charge in [-0.3, -0.25) is 4.98 Å². The van der Waals surface area contributed by atoms with Crippen LogP contribution in [0.4, 0.5) is 8.78 Å². The summed E-state index contributed by atoms with van der Waals surface area (Å²) in [7, 11) is 4.03. The van der Waals surface area contributed by atoms with E-state index < -0.39 is 17.4 Å². The van der Waals surface area contributed by atoms with Crippen LogP contribution in [0.2, 0.25) is 0 Å². The molecule has 4 rings (SSSR count). The molecule has 4 aromatic rings. The number of pyridine rings is 1. The number of rotatable bonds is 4. The van der Waals surface area contributed by atoms with E-state index in [1.54, 1.807) is 0 Å². The molecule has 138 valence electrons. The van der Waals surface area contributed by atoms with Crippen molar-refractivity contribution >= 4 is 32.3 Å². The Morgan fingerprint density at radius 3 is 2.52 bits per heavy atom. The number of aromatic hydroxyl groups is 1. The molecule has 0 unspecified atom stereocenters. The van der Waals surface area contributed by atoms with Gasteiger partial charge in [0.15, 0.2) is 11.6 Å². The Morgan fingerprint density at radius 1 is 1.07 bits per heavy atom. The van der Waals surface area contributed by atoms with Crippen LogP contribution in [0.25, 0.3) is 32.1 Å².